The molecule has 0 fully saturated rings. The topological polar surface area (TPSA) is 34.4 Å². The number of aromatic hydroxyl groups is 1. The van der Waals surface area contributed by atoms with Crippen molar-refractivity contribution in [2.75, 3.05) is 0 Å². The van der Waals surface area contributed by atoms with Crippen LogP contribution in [0.25, 0.3) is 10.9 Å². The Morgan fingerprint density at radius 3 is 2.64 bits per heavy atom. The molecule has 0 unspecified atom stereocenters. The molecule has 1 N–H and O–H groups in total. The summed E-state index contributed by atoms with van der Waals surface area (Å²) >= 11 is 0. The molecule has 1 heterocycles. The molecule has 0 aliphatic rings. The van der Waals surface area contributed by atoms with Crippen molar-refractivity contribution in [1.29, 1.82) is 0 Å². The number of nitrogens with zero attached hydrogens (tertiary/aromatic N) is 1. The van der Waals surface area contributed by atoms with E-state index in [1.165, 1.54) is 6.07 Å². The summed E-state index contributed by atoms with van der Waals surface area (Å²) in [6, 6.07) is 13.8. The van der Waals surface area contributed by atoms with Gasteiger partial charge in [0.05, 0.1) is 11.2 Å². The van der Waals surface area contributed by atoms with Crippen LogP contribution in [-0.4, -0.2) is 9.67 Å². The fourth-order valence-electron chi connectivity index (χ4n) is 2.73. The number of halogens is 1. The van der Waals surface area contributed by atoms with Gasteiger partial charge in [0.2, 0.25) is 0 Å². The van der Waals surface area contributed by atoms with E-state index in [4.69, 9.17) is 4.74 Å². The number of fused-ring (bicyclic) bond motifs is 1. The van der Waals surface area contributed by atoms with E-state index in [1.54, 1.807) is 30.3 Å². The number of phenolic OH excluding ortho intramolecular Hbond substituents is 1. The molecule has 0 bridgehead atoms. The molecule has 0 spiro atoms. The lowest BCUT2D eigenvalue weighted by molar-refractivity contribution is 0.291. The minimum Gasteiger partial charge on any atom is -0.508 e. The normalized spacial score (nSPS) is 11.3. The van der Waals surface area contributed by atoms with Crippen LogP contribution in [0, 0.1) is 5.82 Å². The van der Waals surface area contributed by atoms with Gasteiger partial charge in [-0.15, -0.1) is 0 Å². The first-order chi connectivity index (χ1) is 10.6. The van der Waals surface area contributed by atoms with E-state index in [2.05, 4.69) is 0 Å². The molecule has 0 saturated carbocycles. The Labute approximate surface area is 128 Å². The van der Waals surface area contributed by atoms with Crippen LogP contribution in [0.5, 0.6) is 11.5 Å². The number of phenols is 1. The van der Waals surface area contributed by atoms with E-state index in [-0.39, 0.29) is 17.6 Å². The summed E-state index contributed by atoms with van der Waals surface area (Å²) in [7, 11) is 0. The Morgan fingerprint density at radius 1 is 1.14 bits per heavy atom. The lowest BCUT2D eigenvalue weighted by atomic mass is 10.2. The first kappa shape index (κ1) is 14.4. The first-order valence-corrected chi connectivity index (χ1v) is 7.26. The number of ether oxygens (including phenoxy) is 1. The number of benzene rings is 2. The molecule has 1 aromatic heterocycles. The molecule has 3 rings (SSSR count). The van der Waals surface area contributed by atoms with Crippen LogP contribution < -0.4 is 4.74 Å². The van der Waals surface area contributed by atoms with Crippen LogP contribution in [-0.2, 0) is 6.61 Å². The Balaban J connectivity index is 1.96. The predicted octanol–water partition coefficient (Wildman–Crippen LogP) is 4.65. The predicted molar refractivity (Wildman–Crippen MR) is 84.7 cm³/mol. The third kappa shape index (κ3) is 2.64. The lowest BCUT2D eigenvalue weighted by Crippen LogP contribution is -2.08. The van der Waals surface area contributed by atoms with E-state index >= 15 is 0 Å². The molecule has 4 heteroatoms. The van der Waals surface area contributed by atoms with Gasteiger partial charge in [-0.3, -0.25) is 0 Å². The standard InChI is InChI=1S/C18H18FNO2/c1-12(2)20-14(9-13-5-3-8-17(19)18(13)20)11-22-16-7-4-6-15(21)10-16/h3-10,12,21H,11H2,1-2H3. The molecule has 3 nitrogen and oxygen atoms in total. The van der Waals surface area contributed by atoms with Gasteiger partial charge < -0.3 is 14.4 Å². The minimum atomic E-state index is -0.227. The van der Waals surface area contributed by atoms with Gasteiger partial charge in [0, 0.05) is 17.5 Å². The van der Waals surface area contributed by atoms with E-state index < -0.39 is 0 Å². The van der Waals surface area contributed by atoms with Crippen LogP contribution in [0.1, 0.15) is 25.6 Å². The number of rotatable bonds is 4. The molecule has 114 valence electrons. The third-order valence-corrected chi connectivity index (χ3v) is 3.61. The number of hydrogen-bond donors (Lipinski definition) is 1. The molecule has 0 atom stereocenters. The maximum Gasteiger partial charge on any atom is 0.147 e. The summed E-state index contributed by atoms with van der Waals surface area (Å²) < 4.78 is 21.8. The average Bonchev–Trinajstić information content (AvgIpc) is 2.85. The molecule has 22 heavy (non-hydrogen) atoms. The minimum absolute atomic E-state index is 0.122. The molecule has 0 aliphatic carbocycles. The lowest BCUT2D eigenvalue weighted by Gasteiger charge is -2.15. The van der Waals surface area contributed by atoms with Gasteiger partial charge in [-0.05, 0) is 38.1 Å². The zero-order chi connectivity index (χ0) is 15.7. The Kier molecular flexibility index (Phi) is 3.75. The van der Waals surface area contributed by atoms with Crippen LogP contribution >= 0.6 is 0 Å². The van der Waals surface area contributed by atoms with Gasteiger partial charge in [0.1, 0.15) is 23.9 Å². The first-order valence-electron chi connectivity index (χ1n) is 7.26. The maximum atomic E-state index is 14.1. The summed E-state index contributed by atoms with van der Waals surface area (Å²) in [6.07, 6.45) is 0. The highest BCUT2D eigenvalue weighted by Gasteiger charge is 2.15. The second-order valence-electron chi connectivity index (χ2n) is 5.56. The second kappa shape index (κ2) is 5.72. The van der Waals surface area contributed by atoms with Gasteiger partial charge in [-0.25, -0.2) is 4.39 Å². The van der Waals surface area contributed by atoms with Crippen LogP contribution in [0.2, 0.25) is 0 Å². The maximum absolute atomic E-state index is 14.1. The zero-order valence-electron chi connectivity index (χ0n) is 12.6. The van der Waals surface area contributed by atoms with Crippen molar-refractivity contribution < 1.29 is 14.2 Å². The Hall–Kier alpha value is -2.49. The van der Waals surface area contributed by atoms with E-state index in [0.29, 0.717) is 17.9 Å². The van der Waals surface area contributed by atoms with Gasteiger partial charge >= 0.3 is 0 Å². The number of para-hydroxylation sites is 1. The fraction of sp³-hybridized carbons (Fsp3) is 0.222. The van der Waals surface area contributed by atoms with Crippen molar-refractivity contribution in [3.8, 4) is 11.5 Å². The highest BCUT2D eigenvalue weighted by atomic mass is 19.1. The van der Waals surface area contributed by atoms with Crippen LogP contribution in [0.4, 0.5) is 4.39 Å². The van der Waals surface area contributed by atoms with Gasteiger partial charge in [-0.1, -0.05) is 18.2 Å². The molecule has 3 aromatic rings. The number of hydrogen-bond acceptors (Lipinski definition) is 2. The molecular formula is C18H18FNO2. The average molecular weight is 299 g/mol. The second-order valence-corrected chi connectivity index (χ2v) is 5.56. The fourth-order valence-corrected chi connectivity index (χ4v) is 2.73. The van der Waals surface area contributed by atoms with Crippen molar-refractivity contribution in [2.24, 2.45) is 0 Å². The Bertz CT molecular complexity index is 808. The molecule has 0 radical (unpaired) electrons. The zero-order valence-corrected chi connectivity index (χ0v) is 12.6. The van der Waals surface area contributed by atoms with Crippen LogP contribution in [0.15, 0.2) is 48.5 Å². The summed E-state index contributed by atoms with van der Waals surface area (Å²) in [5, 5.41) is 10.3. The molecule has 2 aromatic carbocycles. The number of aromatic nitrogens is 1. The van der Waals surface area contributed by atoms with E-state index in [9.17, 15) is 9.50 Å². The molecule has 0 amide bonds. The summed E-state index contributed by atoms with van der Waals surface area (Å²) in [4.78, 5) is 0. The SMILES string of the molecule is CC(C)n1c(COc2cccc(O)c2)cc2cccc(F)c21. The van der Waals surface area contributed by atoms with E-state index in [1.807, 2.05) is 30.5 Å². The van der Waals surface area contributed by atoms with Crippen molar-refractivity contribution >= 4 is 10.9 Å². The van der Waals surface area contributed by atoms with E-state index in [0.717, 1.165) is 11.1 Å². The summed E-state index contributed by atoms with van der Waals surface area (Å²) in [6.45, 7) is 4.35. The van der Waals surface area contributed by atoms with Gasteiger partial charge in [-0.2, -0.15) is 0 Å². The van der Waals surface area contributed by atoms with Crippen LogP contribution in [0.3, 0.4) is 0 Å². The monoisotopic (exact) mass is 299 g/mol. The highest BCUT2D eigenvalue weighted by Crippen LogP contribution is 2.27. The Morgan fingerprint density at radius 2 is 1.91 bits per heavy atom. The largest absolute Gasteiger partial charge is 0.508 e. The quantitative estimate of drug-likeness (QED) is 0.761. The third-order valence-electron chi connectivity index (χ3n) is 3.61. The van der Waals surface area contributed by atoms with Crippen molar-refractivity contribution in [1.82, 2.24) is 4.57 Å². The molecule has 0 aliphatic heterocycles. The van der Waals surface area contributed by atoms with Gasteiger partial charge in [0.15, 0.2) is 0 Å². The molecule has 0 saturated heterocycles. The van der Waals surface area contributed by atoms with Crippen molar-refractivity contribution in [3.63, 3.8) is 0 Å². The smallest absolute Gasteiger partial charge is 0.147 e. The molecular weight excluding hydrogens is 281 g/mol. The highest BCUT2D eigenvalue weighted by molar-refractivity contribution is 5.82. The van der Waals surface area contributed by atoms with Crippen molar-refractivity contribution in [3.05, 3.63) is 60.0 Å². The summed E-state index contributed by atoms with van der Waals surface area (Å²) in [5.74, 6) is 0.517. The summed E-state index contributed by atoms with van der Waals surface area (Å²) in [5.41, 5.74) is 1.51. The van der Waals surface area contributed by atoms with Gasteiger partial charge in [0.25, 0.3) is 0 Å². The van der Waals surface area contributed by atoms with Crippen molar-refractivity contribution in [2.45, 2.75) is 26.5 Å².